The molecule has 5 rings (SSSR count). The number of benzene rings is 2. The van der Waals surface area contributed by atoms with E-state index in [9.17, 15) is 13.6 Å². The van der Waals surface area contributed by atoms with Crippen LogP contribution in [0, 0.1) is 0 Å². The summed E-state index contributed by atoms with van der Waals surface area (Å²) in [5.74, 6) is 0.268. The van der Waals surface area contributed by atoms with Crippen molar-refractivity contribution >= 4 is 17.7 Å². The summed E-state index contributed by atoms with van der Waals surface area (Å²) in [6.07, 6.45) is 9.34. The highest BCUT2D eigenvalue weighted by Crippen LogP contribution is 2.31. The molecule has 1 aliphatic carbocycles. The lowest BCUT2D eigenvalue weighted by molar-refractivity contribution is -0.0503. The molecule has 208 valence electrons. The average Bonchev–Trinajstić information content (AvgIpc) is 3.41. The van der Waals surface area contributed by atoms with Crippen LogP contribution in [0.4, 0.5) is 25.2 Å². The standard InChI is InChI=1S/C29H31F2N7O2/c1-37-19-22(16-35-37)21-7-11-24(12-8-21)38(29(39)34-15-20-5-3-2-4-6-20)25-13-9-23(10-14-25)36-28-32-17-26(18-33-28)40-27(30)31/h2-8,11-12,16-19,23,25,27H,9-10,13-15H2,1H3,(H,34,39)(H,32,33,36). The van der Waals surface area contributed by atoms with E-state index in [4.69, 9.17) is 0 Å². The molecule has 1 fully saturated rings. The highest BCUT2D eigenvalue weighted by Gasteiger charge is 2.30. The number of carbonyl (C=O) groups excluding carboxylic acids is 1. The van der Waals surface area contributed by atoms with Crippen LogP contribution in [-0.4, -0.2) is 44.5 Å². The molecule has 1 saturated carbocycles. The molecular formula is C29H31F2N7O2. The monoisotopic (exact) mass is 547 g/mol. The van der Waals surface area contributed by atoms with Crippen LogP contribution in [0.5, 0.6) is 5.75 Å². The Morgan fingerprint density at radius 2 is 1.70 bits per heavy atom. The first-order valence-corrected chi connectivity index (χ1v) is 13.2. The third-order valence-electron chi connectivity index (χ3n) is 6.94. The van der Waals surface area contributed by atoms with Crippen LogP contribution in [0.3, 0.4) is 0 Å². The molecular weight excluding hydrogens is 516 g/mol. The number of alkyl halides is 2. The van der Waals surface area contributed by atoms with Gasteiger partial charge in [-0.05, 0) is 48.9 Å². The van der Waals surface area contributed by atoms with Crippen molar-refractivity contribution in [3.05, 3.63) is 84.9 Å². The van der Waals surface area contributed by atoms with Gasteiger partial charge in [0.15, 0.2) is 5.75 Å². The third-order valence-corrected chi connectivity index (χ3v) is 6.94. The highest BCUT2D eigenvalue weighted by atomic mass is 19.3. The normalized spacial score (nSPS) is 16.9. The molecule has 0 unspecified atom stereocenters. The minimum absolute atomic E-state index is 0.000742. The van der Waals surface area contributed by atoms with E-state index in [1.165, 1.54) is 12.4 Å². The Balaban J connectivity index is 1.26. The molecule has 0 saturated heterocycles. The molecule has 1 aliphatic rings. The number of aryl methyl sites for hydroxylation is 1. The van der Waals surface area contributed by atoms with E-state index in [1.807, 2.05) is 78.9 Å². The number of carbonyl (C=O) groups is 1. The number of nitrogens with zero attached hydrogens (tertiary/aromatic N) is 5. The van der Waals surface area contributed by atoms with Crippen molar-refractivity contribution in [1.29, 1.82) is 0 Å². The quantitative estimate of drug-likeness (QED) is 0.282. The second kappa shape index (κ2) is 12.5. The summed E-state index contributed by atoms with van der Waals surface area (Å²) in [5.41, 5.74) is 3.89. The second-order valence-electron chi connectivity index (χ2n) is 9.73. The van der Waals surface area contributed by atoms with E-state index in [2.05, 4.69) is 30.4 Å². The lowest BCUT2D eigenvalue weighted by atomic mass is 9.90. The van der Waals surface area contributed by atoms with Crippen LogP contribution < -0.4 is 20.3 Å². The number of ether oxygens (including phenoxy) is 1. The van der Waals surface area contributed by atoms with Gasteiger partial charge >= 0.3 is 12.6 Å². The first-order valence-electron chi connectivity index (χ1n) is 13.2. The topological polar surface area (TPSA) is 97.2 Å². The fourth-order valence-electron chi connectivity index (χ4n) is 4.95. The van der Waals surface area contributed by atoms with E-state index in [0.29, 0.717) is 12.5 Å². The van der Waals surface area contributed by atoms with Gasteiger partial charge in [-0.2, -0.15) is 13.9 Å². The van der Waals surface area contributed by atoms with Crippen molar-refractivity contribution in [2.75, 3.05) is 10.2 Å². The van der Waals surface area contributed by atoms with Gasteiger partial charge in [-0.15, -0.1) is 0 Å². The van der Waals surface area contributed by atoms with E-state index in [-0.39, 0.29) is 23.9 Å². The minimum Gasteiger partial charge on any atom is -0.432 e. The average molecular weight is 548 g/mol. The van der Waals surface area contributed by atoms with Gasteiger partial charge in [0.1, 0.15) is 0 Å². The van der Waals surface area contributed by atoms with Crippen molar-refractivity contribution in [3.63, 3.8) is 0 Å². The largest absolute Gasteiger partial charge is 0.432 e. The number of rotatable bonds is 9. The second-order valence-corrected chi connectivity index (χ2v) is 9.73. The first-order chi connectivity index (χ1) is 19.4. The van der Waals surface area contributed by atoms with Crippen LogP contribution in [0.2, 0.25) is 0 Å². The molecule has 2 aromatic carbocycles. The zero-order valence-electron chi connectivity index (χ0n) is 22.1. The Morgan fingerprint density at radius 3 is 2.33 bits per heavy atom. The van der Waals surface area contributed by atoms with Gasteiger partial charge in [0.2, 0.25) is 5.95 Å². The highest BCUT2D eigenvalue weighted by molar-refractivity contribution is 5.93. The molecule has 2 aromatic heterocycles. The van der Waals surface area contributed by atoms with Crippen LogP contribution >= 0.6 is 0 Å². The molecule has 0 spiro atoms. The van der Waals surface area contributed by atoms with E-state index >= 15 is 0 Å². The van der Waals surface area contributed by atoms with Crippen molar-refractivity contribution < 1.29 is 18.3 Å². The summed E-state index contributed by atoms with van der Waals surface area (Å²) in [5, 5.41) is 10.6. The predicted octanol–water partition coefficient (Wildman–Crippen LogP) is 5.62. The number of hydrogen-bond acceptors (Lipinski definition) is 6. The van der Waals surface area contributed by atoms with Gasteiger partial charge in [-0.3, -0.25) is 9.58 Å². The Bertz CT molecular complexity index is 1370. The SMILES string of the molecule is Cn1cc(-c2ccc(N(C(=O)NCc3ccccc3)C3CCC(Nc4ncc(OC(F)F)cn4)CC3)cc2)cn1. The minimum atomic E-state index is -2.92. The van der Waals surface area contributed by atoms with Gasteiger partial charge in [-0.25, -0.2) is 14.8 Å². The molecule has 0 bridgehead atoms. The van der Waals surface area contributed by atoms with Crippen LogP contribution in [0.15, 0.2) is 79.4 Å². The summed E-state index contributed by atoms with van der Waals surface area (Å²) in [6, 6.07) is 17.7. The smallest absolute Gasteiger partial charge is 0.387 e. The van der Waals surface area contributed by atoms with Gasteiger partial charge in [0.25, 0.3) is 0 Å². The zero-order valence-corrected chi connectivity index (χ0v) is 22.1. The van der Waals surface area contributed by atoms with Gasteiger partial charge in [-0.1, -0.05) is 42.5 Å². The predicted molar refractivity (Wildman–Crippen MR) is 148 cm³/mol. The Labute approximate surface area is 231 Å². The summed E-state index contributed by atoms with van der Waals surface area (Å²) in [4.78, 5) is 23.6. The molecule has 0 radical (unpaired) electrons. The van der Waals surface area contributed by atoms with E-state index in [1.54, 1.807) is 4.68 Å². The number of hydrogen-bond donors (Lipinski definition) is 2. The van der Waals surface area contributed by atoms with Crippen molar-refractivity contribution in [2.24, 2.45) is 7.05 Å². The summed E-state index contributed by atoms with van der Waals surface area (Å²) >= 11 is 0. The fraction of sp³-hybridized carbons (Fsp3) is 0.310. The number of halogens is 2. The maximum atomic E-state index is 13.6. The lowest BCUT2D eigenvalue weighted by Gasteiger charge is -2.37. The van der Waals surface area contributed by atoms with E-state index < -0.39 is 6.61 Å². The lowest BCUT2D eigenvalue weighted by Crippen LogP contribution is -2.48. The molecule has 4 aromatic rings. The maximum Gasteiger partial charge on any atom is 0.387 e. The molecule has 11 heteroatoms. The van der Waals surface area contributed by atoms with Gasteiger partial charge < -0.3 is 15.4 Å². The number of anilines is 2. The number of aromatic nitrogens is 4. The molecule has 9 nitrogen and oxygen atoms in total. The molecule has 2 N–H and O–H groups in total. The number of nitrogens with one attached hydrogen (secondary N) is 2. The molecule has 0 atom stereocenters. The van der Waals surface area contributed by atoms with Crippen LogP contribution in [0.25, 0.3) is 11.1 Å². The summed E-state index contributed by atoms with van der Waals surface area (Å²) in [6.45, 7) is -2.49. The number of amides is 2. The Kier molecular flexibility index (Phi) is 8.48. The first kappa shape index (κ1) is 27.0. The van der Waals surface area contributed by atoms with E-state index in [0.717, 1.165) is 48.1 Å². The maximum absolute atomic E-state index is 13.6. The van der Waals surface area contributed by atoms with Crippen LogP contribution in [-0.2, 0) is 13.6 Å². The number of urea groups is 1. The fourth-order valence-corrected chi connectivity index (χ4v) is 4.95. The Morgan fingerprint density at radius 1 is 1.00 bits per heavy atom. The molecule has 40 heavy (non-hydrogen) atoms. The van der Waals surface area contributed by atoms with Crippen molar-refractivity contribution in [2.45, 2.75) is 50.9 Å². The molecule has 0 aliphatic heterocycles. The molecule has 2 heterocycles. The van der Waals surface area contributed by atoms with Gasteiger partial charge in [0.05, 0.1) is 18.6 Å². The Hall–Kier alpha value is -4.54. The van der Waals surface area contributed by atoms with Gasteiger partial charge in [0, 0.05) is 43.1 Å². The zero-order chi connectivity index (χ0) is 27.9. The molecule has 2 amide bonds. The summed E-state index contributed by atoms with van der Waals surface area (Å²) in [7, 11) is 1.88. The van der Waals surface area contributed by atoms with Crippen LogP contribution in [0.1, 0.15) is 31.2 Å². The van der Waals surface area contributed by atoms with Crippen molar-refractivity contribution in [3.8, 4) is 16.9 Å². The van der Waals surface area contributed by atoms with Crippen molar-refractivity contribution in [1.82, 2.24) is 25.1 Å². The summed E-state index contributed by atoms with van der Waals surface area (Å²) < 4.78 is 30.8. The third kappa shape index (κ3) is 6.90.